The van der Waals surface area contributed by atoms with E-state index in [1.165, 1.54) is 16.7 Å². The van der Waals surface area contributed by atoms with E-state index in [9.17, 15) is 0 Å². The zero-order chi connectivity index (χ0) is 14.7. The maximum Gasteiger partial charge on any atom is 0.123 e. The van der Waals surface area contributed by atoms with Crippen LogP contribution in [-0.2, 0) is 19.4 Å². The van der Waals surface area contributed by atoms with Crippen molar-refractivity contribution in [3.8, 4) is 5.75 Å². The van der Waals surface area contributed by atoms with Gasteiger partial charge in [0.1, 0.15) is 11.9 Å². The maximum absolute atomic E-state index is 5.97. The molecule has 0 aliphatic carbocycles. The number of halogens is 1. The Morgan fingerprint density at radius 1 is 1.19 bits per heavy atom. The molecule has 1 heterocycles. The van der Waals surface area contributed by atoms with E-state index < -0.39 is 0 Å². The summed E-state index contributed by atoms with van der Waals surface area (Å²) in [5.41, 5.74) is 4.10. The molecule has 110 valence electrons. The molecule has 0 radical (unpaired) electrons. The van der Waals surface area contributed by atoms with Gasteiger partial charge in [0.15, 0.2) is 0 Å². The highest BCUT2D eigenvalue weighted by molar-refractivity contribution is 9.10. The van der Waals surface area contributed by atoms with Gasteiger partial charge in [0.2, 0.25) is 0 Å². The molecule has 0 spiro atoms. The average molecular weight is 346 g/mol. The summed E-state index contributed by atoms with van der Waals surface area (Å²) in [7, 11) is 0. The summed E-state index contributed by atoms with van der Waals surface area (Å²) in [6, 6.07) is 14.9. The zero-order valence-electron chi connectivity index (χ0n) is 12.2. The van der Waals surface area contributed by atoms with Crippen LogP contribution < -0.4 is 10.1 Å². The summed E-state index contributed by atoms with van der Waals surface area (Å²) in [4.78, 5) is 0. The van der Waals surface area contributed by atoms with Crippen molar-refractivity contribution >= 4 is 15.9 Å². The van der Waals surface area contributed by atoms with Crippen LogP contribution in [-0.4, -0.2) is 12.6 Å². The van der Waals surface area contributed by atoms with Gasteiger partial charge in [-0.15, -0.1) is 0 Å². The van der Waals surface area contributed by atoms with Crippen LogP contribution in [0.5, 0.6) is 5.75 Å². The molecule has 1 aliphatic rings. The molecule has 21 heavy (non-hydrogen) atoms. The Hall–Kier alpha value is -1.32. The Balaban J connectivity index is 1.53. The number of ether oxygens (including phenoxy) is 1. The average Bonchev–Trinajstić information content (AvgIpc) is 2.89. The third-order valence-electron chi connectivity index (χ3n) is 3.95. The van der Waals surface area contributed by atoms with Crippen LogP contribution in [0.2, 0.25) is 0 Å². The van der Waals surface area contributed by atoms with Crippen molar-refractivity contribution in [3.05, 3.63) is 63.6 Å². The second-order valence-electron chi connectivity index (χ2n) is 5.45. The van der Waals surface area contributed by atoms with Gasteiger partial charge in [-0.05, 0) is 41.3 Å². The molecule has 1 N–H and O–H groups in total. The third kappa shape index (κ3) is 3.47. The normalized spacial score (nSPS) is 16.6. The van der Waals surface area contributed by atoms with Gasteiger partial charge in [0.05, 0.1) is 0 Å². The monoisotopic (exact) mass is 345 g/mol. The van der Waals surface area contributed by atoms with Crippen molar-refractivity contribution in [1.29, 1.82) is 0 Å². The van der Waals surface area contributed by atoms with Gasteiger partial charge in [0, 0.05) is 24.0 Å². The summed E-state index contributed by atoms with van der Waals surface area (Å²) in [6.07, 6.45) is 2.30. The van der Waals surface area contributed by atoms with Gasteiger partial charge in [-0.2, -0.15) is 0 Å². The van der Waals surface area contributed by atoms with Crippen LogP contribution in [0.4, 0.5) is 0 Å². The van der Waals surface area contributed by atoms with Gasteiger partial charge in [-0.1, -0.05) is 47.1 Å². The molecule has 2 aromatic carbocycles. The minimum absolute atomic E-state index is 0.239. The van der Waals surface area contributed by atoms with Crippen LogP contribution in [0.3, 0.4) is 0 Å². The number of aryl methyl sites for hydroxylation is 1. The molecule has 2 aromatic rings. The topological polar surface area (TPSA) is 21.3 Å². The molecule has 3 rings (SSSR count). The fourth-order valence-electron chi connectivity index (χ4n) is 2.85. The molecule has 0 bridgehead atoms. The molecule has 1 aliphatic heterocycles. The Bertz CT molecular complexity index is 626. The number of rotatable bonds is 5. The summed E-state index contributed by atoms with van der Waals surface area (Å²) >= 11 is 3.51. The molecule has 0 saturated heterocycles. The lowest BCUT2D eigenvalue weighted by molar-refractivity contribution is 0.227. The molecule has 0 saturated carbocycles. The lowest BCUT2D eigenvalue weighted by atomic mass is 10.1. The van der Waals surface area contributed by atoms with E-state index in [1.54, 1.807) is 0 Å². The van der Waals surface area contributed by atoms with Gasteiger partial charge >= 0.3 is 0 Å². The smallest absolute Gasteiger partial charge is 0.123 e. The molecule has 1 unspecified atom stereocenters. The second-order valence-corrected chi connectivity index (χ2v) is 6.36. The quantitative estimate of drug-likeness (QED) is 0.880. The van der Waals surface area contributed by atoms with Gasteiger partial charge < -0.3 is 10.1 Å². The highest BCUT2D eigenvalue weighted by atomic mass is 79.9. The summed E-state index contributed by atoms with van der Waals surface area (Å²) in [5, 5.41) is 3.53. The molecule has 0 fully saturated rings. The van der Waals surface area contributed by atoms with Crippen molar-refractivity contribution in [2.45, 2.75) is 32.4 Å². The summed E-state index contributed by atoms with van der Waals surface area (Å²) in [5.74, 6) is 1.03. The second kappa shape index (κ2) is 6.63. The fraction of sp³-hybridized carbons (Fsp3) is 0.333. The predicted octanol–water partition coefficient (Wildman–Crippen LogP) is 4.10. The first-order valence-electron chi connectivity index (χ1n) is 7.49. The molecular formula is C18H20BrNO. The molecule has 0 amide bonds. The number of fused-ring (bicyclic) bond motifs is 1. The van der Waals surface area contributed by atoms with Crippen LogP contribution in [0, 0.1) is 0 Å². The van der Waals surface area contributed by atoms with E-state index in [-0.39, 0.29) is 6.10 Å². The van der Waals surface area contributed by atoms with Crippen LogP contribution >= 0.6 is 15.9 Å². The van der Waals surface area contributed by atoms with Crippen LogP contribution in [0.1, 0.15) is 23.6 Å². The van der Waals surface area contributed by atoms with E-state index in [0.29, 0.717) is 0 Å². The molecule has 1 atom stereocenters. The first-order chi connectivity index (χ1) is 10.3. The minimum Gasteiger partial charge on any atom is -0.488 e. The number of nitrogens with one attached hydrogen (secondary N) is 1. The van der Waals surface area contributed by atoms with Crippen LogP contribution in [0.15, 0.2) is 46.9 Å². The van der Waals surface area contributed by atoms with Crippen LogP contribution in [0.25, 0.3) is 0 Å². The van der Waals surface area contributed by atoms with Gasteiger partial charge in [-0.25, -0.2) is 0 Å². The Morgan fingerprint density at radius 3 is 2.81 bits per heavy atom. The highest BCUT2D eigenvalue weighted by Gasteiger charge is 2.22. The highest BCUT2D eigenvalue weighted by Crippen LogP contribution is 2.30. The summed E-state index contributed by atoms with van der Waals surface area (Å²) in [6.45, 7) is 3.99. The fourth-order valence-corrected chi connectivity index (χ4v) is 3.25. The zero-order valence-corrected chi connectivity index (χ0v) is 13.8. The van der Waals surface area contributed by atoms with Crippen molar-refractivity contribution in [1.82, 2.24) is 5.32 Å². The third-order valence-corrected chi connectivity index (χ3v) is 4.44. The SMILES string of the molecule is CCc1ccccc1CNCC1Cc2cc(Br)ccc2O1. The van der Waals surface area contributed by atoms with Crippen molar-refractivity contribution in [2.75, 3.05) is 6.54 Å². The largest absolute Gasteiger partial charge is 0.488 e. The molecule has 0 aromatic heterocycles. The Morgan fingerprint density at radius 2 is 2.00 bits per heavy atom. The first-order valence-corrected chi connectivity index (χ1v) is 8.28. The van der Waals surface area contributed by atoms with Crippen molar-refractivity contribution in [2.24, 2.45) is 0 Å². The lowest BCUT2D eigenvalue weighted by Crippen LogP contribution is -2.29. The molecular weight excluding hydrogens is 326 g/mol. The minimum atomic E-state index is 0.239. The standard InChI is InChI=1S/C18H20BrNO/c1-2-13-5-3-4-6-14(13)11-20-12-17-10-15-9-16(19)7-8-18(15)21-17/h3-9,17,20H,2,10-12H2,1H3. The van der Waals surface area contributed by atoms with Gasteiger partial charge in [-0.3, -0.25) is 0 Å². The van der Waals surface area contributed by atoms with Gasteiger partial charge in [0.25, 0.3) is 0 Å². The van der Waals surface area contributed by atoms with E-state index in [4.69, 9.17) is 4.74 Å². The number of hydrogen-bond acceptors (Lipinski definition) is 2. The van der Waals surface area contributed by atoms with Crippen molar-refractivity contribution < 1.29 is 4.74 Å². The maximum atomic E-state index is 5.97. The van der Waals surface area contributed by atoms with Crippen molar-refractivity contribution in [3.63, 3.8) is 0 Å². The first kappa shape index (κ1) is 14.6. The summed E-state index contributed by atoms with van der Waals surface area (Å²) < 4.78 is 7.09. The van der Waals surface area contributed by atoms with E-state index in [0.717, 1.165) is 36.2 Å². The predicted molar refractivity (Wildman–Crippen MR) is 89.8 cm³/mol. The van der Waals surface area contributed by atoms with E-state index in [2.05, 4.69) is 58.5 Å². The number of benzene rings is 2. The van der Waals surface area contributed by atoms with E-state index >= 15 is 0 Å². The number of hydrogen-bond donors (Lipinski definition) is 1. The van der Waals surface area contributed by atoms with E-state index in [1.807, 2.05) is 12.1 Å². The Kier molecular flexibility index (Phi) is 4.61. The molecule has 3 heteroatoms. The lowest BCUT2D eigenvalue weighted by Gasteiger charge is -2.13. The Labute approximate surface area is 134 Å². The molecule has 2 nitrogen and oxygen atoms in total.